The second kappa shape index (κ2) is 8.38. The van der Waals surface area contributed by atoms with Crippen LogP contribution in [0.1, 0.15) is 27.4 Å². The summed E-state index contributed by atoms with van der Waals surface area (Å²) in [6.07, 6.45) is -0.351. The molecule has 2 amide bonds. The zero-order valence-corrected chi connectivity index (χ0v) is 17.6. The van der Waals surface area contributed by atoms with Gasteiger partial charge in [0.1, 0.15) is 12.4 Å². The lowest BCUT2D eigenvalue weighted by atomic mass is 9.98. The van der Waals surface area contributed by atoms with Crippen LogP contribution in [0.2, 0.25) is 0 Å². The number of phenolic OH excluding ortho intramolecular Hbond substituents is 1. The monoisotopic (exact) mass is 428 g/mol. The van der Waals surface area contributed by atoms with E-state index in [0.717, 1.165) is 0 Å². The zero-order valence-electron chi connectivity index (χ0n) is 17.6. The van der Waals surface area contributed by atoms with E-state index in [1.807, 2.05) is 24.3 Å². The van der Waals surface area contributed by atoms with Crippen molar-refractivity contribution in [1.82, 2.24) is 9.80 Å². The van der Waals surface area contributed by atoms with Gasteiger partial charge in [0.05, 0.1) is 0 Å². The van der Waals surface area contributed by atoms with E-state index in [1.165, 1.54) is 34.4 Å². The second-order valence-electron chi connectivity index (χ2n) is 8.13. The van der Waals surface area contributed by atoms with Crippen LogP contribution in [0.4, 0.5) is 4.79 Å². The molecule has 1 fully saturated rings. The number of benzene rings is 3. The highest BCUT2D eigenvalue weighted by Crippen LogP contribution is 2.44. The van der Waals surface area contributed by atoms with Crippen LogP contribution in [0.25, 0.3) is 11.1 Å². The van der Waals surface area contributed by atoms with Crippen LogP contribution in [0.3, 0.4) is 0 Å². The highest BCUT2D eigenvalue weighted by molar-refractivity contribution is 5.94. The Morgan fingerprint density at radius 2 is 1.41 bits per heavy atom. The molecule has 1 N–H and O–H groups in total. The van der Waals surface area contributed by atoms with E-state index in [9.17, 15) is 14.7 Å². The van der Waals surface area contributed by atoms with Crippen LogP contribution in [-0.2, 0) is 4.74 Å². The third-order valence-electron chi connectivity index (χ3n) is 6.25. The van der Waals surface area contributed by atoms with Crippen LogP contribution >= 0.6 is 0 Å². The number of aromatic hydroxyl groups is 1. The minimum absolute atomic E-state index is 0.0278. The molecule has 2 aliphatic rings. The molecule has 6 nitrogen and oxygen atoms in total. The molecule has 32 heavy (non-hydrogen) atoms. The lowest BCUT2D eigenvalue weighted by molar-refractivity contribution is 0.0554. The smallest absolute Gasteiger partial charge is 0.409 e. The maximum atomic E-state index is 12.7. The fraction of sp³-hybridized carbons (Fsp3) is 0.231. The number of piperazine rings is 1. The van der Waals surface area contributed by atoms with Gasteiger partial charge in [-0.25, -0.2) is 4.79 Å². The number of hydrogen-bond acceptors (Lipinski definition) is 4. The summed E-state index contributed by atoms with van der Waals surface area (Å²) in [4.78, 5) is 28.7. The van der Waals surface area contributed by atoms with Crippen molar-refractivity contribution in [3.05, 3.63) is 89.5 Å². The number of nitrogens with zero attached hydrogens (tertiary/aromatic N) is 2. The minimum Gasteiger partial charge on any atom is -0.508 e. The second-order valence-corrected chi connectivity index (χ2v) is 8.13. The molecule has 0 spiro atoms. The molecular weight excluding hydrogens is 404 g/mol. The van der Waals surface area contributed by atoms with Gasteiger partial charge in [-0.3, -0.25) is 4.79 Å². The van der Waals surface area contributed by atoms with E-state index in [-0.39, 0.29) is 30.3 Å². The van der Waals surface area contributed by atoms with E-state index in [4.69, 9.17) is 4.74 Å². The van der Waals surface area contributed by atoms with E-state index in [2.05, 4.69) is 24.3 Å². The SMILES string of the molecule is O=C(OCC1c2ccccc2-c2ccccc21)N1CCN(C(=O)c2cccc(O)c2)CC1. The van der Waals surface area contributed by atoms with Gasteiger partial charge in [-0.15, -0.1) is 0 Å². The Hall–Kier alpha value is -3.80. The molecule has 1 heterocycles. The molecule has 6 heteroatoms. The molecule has 1 aliphatic carbocycles. The van der Waals surface area contributed by atoms with Gasteiger partial charge in [-0.1, -0.05) is 54.6 Å². The highest BCUT2D eigenvalue weighted by Gasteiger charge is 2.31. The fourth-order valence-corrected chi connectivity index (χ4v) is 4.60. The molecule has 0 bridgehead atoms. The van der Waals surface area contributed by atoms with Crippen LogP contribution in [-0.4, -0.2) is 59.7 Å². The van der Waals surface area contributed by atoms with Crippen molar-refractivity contribution in [2.24, 2.45) is 0 Å². The minimum atomic E-state index is -0.351. The molecule has 3 aromatic carbocycles. The van der Waals surface area contributed by atoms with E-state index in [0.29, 0.717) is 31.7 Å². The summed E-state index contributed by atoms with van der Waals surface area (Å²) in [6.45, 7) is 1.98. The average molecular weight is 428 g/mol. The summed E-state index contributed by atoms with van der Waals surface area (Å²) < 4.78 is 5.73. The summed E-state index contributed by atoms with van der Waals surface area (Å²) in [5.41, 5.74) is 5.21. The highest BCUT2D eigenvalue weighted by atomic mass is 16.6. The number of carbonyl (C=O) groups is 2. The van der Waals surface area contributed by atoms with Gasteiger partial charge < -0.3 is 19.6 Å². The first-order valence-corrected chi connectivity index (χ1v) is 10.8. The standard InChI is InChI=1S/C26H24N2O4/c29-19-7-5-6-18(16-19)25(30)27-12-14-28(15-13-27)26(31)32-17-24-22-10-3-1-8-20(22)21-9-2-4-11-23(21)24/h1-11,16,24,29H,12-15,17H2. The Morgan fingerprint density at radius 3 is 2.03 bits per heavy atom. The van der Waals surface area contributed by atoms with Crippen molar-refractivity contribution in [2.45, 2.75) is 5.92 Å². The van der Waals surface area contributed by atoms with Gasteiger partial charge in [-0.2, -0.15) is 0 Å². The maximum absolute atomic E-state index is 12.7. The first-order chi connectivity index (χ1) is 15.6. The molecule has 0 unspecified atom stereocenters. The average Bonchev–Trinajstić information content (AvgIpc) is 3.16. The Morgan fingerprint density at radius 1 is 0.812 bits per heavy atom. The van der Waals surface area contributed by atoms with Gasteiger partial charge in [0.2, 0.25) is 0 Å². The van der Waals surface area contributed by atoms with Crippen molar-refractivity contribution in [2.75, 3.05) is 32.8 Å². The predicted octanol–water partition coefficient (Wildman–Crippen LogP) is 4.10. The number of rotatable bonds is 3. The largest absolute Gasteiger partial charge is 0.508 e. The van der Waals surface area contributed by atoms with Crippen LogP contribution in [0.15, 0.2) is 72.8 Å². The Kier molecular flexibility index (Phi) is 5.27. The van der Waals surface area contributed by atoms with Crippen LogP contribution in [0, 0.1) is 0 Å². The van der Waals surface area contributed by atoms with Crippen molar-refractivity contribution >= 4 is 12.0 Å². The number of fused-ring (bicyclic) bond motifs is 3. The summed E-state index contributed by atoms with van der Waals surface area (Å²) >= 11 is 0. The number of phenols is 1. The van der Waals surface area contributed by atoms with Crippen molar-refractivity contribution in [3.63, 3.8) is 0 Å². The van der Waals surface area contributed by atoms with E-state index >= 15 is 0 Å². The Bertz CT molecular complexity index is 1120. The van der Waals surface area contributed by atoms with Crippen molar-refractivity contribution in [3.8, 4) is 16.9 Å². The molecule has 0 radical (unpaired) electrons. The molecule has 0 atom stereocenters. The first-order valence-electron chi connectivity index (χ1n) is 10.8. The molecule has 3 aromatic rings. The quantitative estimate of drug-likeness (QED) is 0.682. The summed E-state index contributed by atoms with van der Waals surface area (Å²) in [7, 11) is 0. The normalized spacial score (nSPS) is 15.2. The van der Waals surface area contributed by atoms with Crippen LogP contribution in [0.5, 0.6) is 5.75 Å². The Labute approximate surface area is 186 Å². The lowest BCUT2D eigenvalue weighted by Crippen LogP contribution is -2.50. The molecule has 0 saturated carbocycles. The van der Waals surface area contributed by atoms with E-state index < -0.39 is 0 Å². The summed E-state index contributed by atoms with van der Waals surface area (Å²) in [5, 5.41) is 9.61. The fourth-order valence-electron chi connectivity index (χ4n) is 4.60. The van der Waals surface area contributed by atoms with E-state index in [1.54, 1.807) is 21.9 Å². The van der Waals surface area contributed by atoms with Gasteiger partial charge in [0, 0.05) is 37.7 Å². The van der Waals surface area contributed by atoms with Gasteiger partial charge in [0.15, 0.2) is 0 Å². The van der Waals surface area contributed by atoms with Crippen molar-refractivity contribution < 1.29 is 19.4 Å². The zero-order chi connectivity index (χ0) is 22.1. The third-order valence-corrected chi connectivity index (χ3v) is 6.25. The molecule has 0 aromatic heterocycles. The summed E-state index contributed by atoms with van der Waals surface area (Å²) in [5.74, 6) is -0.0545. The number of amides is 2. The number of hydrogen-bond donors (Lipinski definition) is 1. The molecule has 5 rings (SSSR count). The maximum Gasteiger partial charge on any atom is 0.409 e. The predicted molar refractivity (Wildman–Crippen MR) is 121 cm³/mol. The number of carbonyl (C=O) groups excluding carboxylic acids is 2. The number of ether oxygens (including phenoxy) is 1. The summed E-state index contributed by atoms with van der Waals surface area (Å²) in [6, 6.07) is 22.8. The molecular formula is C26H24N2O4. The van der Waals surface area contributed by atoms with Gasteiger partial charge >= 0.3 is 6.09 Å². The lowest BCUT2D eigenvalue weighted by Gasteiger charge is -2.34. The molecule has 1 aliphatic heterocycles. The molecule has 1 saturated heterocycles. The van der Waals surface area contributed by atoms with Gasteiger partial charge in [0.25, 0.3) is 5.91 Å². The Balaban J connectivity index is 1.20. The van der Waals surface area contributed by atoms with Crippen LogP contribution < -0.4 is 0 Å². The molecule has 162 valence electrons. The van der Waals surface area contributed by atoms with Crippen molar-refractivity contribution in [1.29, 1.82) is 0 Å². The topological polar surface area (TPSA) is 70.1 Å². The van der Waals surface area contributed by atoms with Gasteiger partial charge in [-0.05, 0) is 40.5 Å². The third kappa shape index (κ3) is 3.68. The first kappa shape index (κ1) is 20.1.